The van der Waals surface area contributed by atoms with E-state index in [4.69, 9.17) is 11.5 Å². The summed E-state index contributed by atoms with van der Waals surface area (Å²) < 4.78 is 0. The number of hydrogen-bond donors (Lipinski definition) is 3. The molecule has 0 bridgehead atoms. The van der Waals surface area contributed by atoms with Crippen LogP contribution in [0.5, 0.6) is 0 Å². The van der Waals surface area contributed by atoms with Crippen molar-refractivity contribution in [2.75, 3.05) is 6.54 Å². The fraction of sp³-hybridized carbons (Fsp3) is 0.600. The third-order valence-corrected chi connectivity index (χ3v) is 3.07. The lowest BCUT2D eigenvalue weighted by atomic mass is 9.79. The van der Waals surface area contributed by atoms with Gasteiger partial charge in [0.15, 0.2) is 0 Å². The number of fused-ring (bicyclic) bond motifs is 1. The minimum absolute atomic E-state index is 0.280. The van der Waals surface area contributed by atoms with E-state index < -0.39 is 0 Å². The van der Waals surface area contributed by atoms with Gasteiger partial charge in [-0.05, 0) is 37.3 Å². The van der Waals surface area contributed by atoms with E-state index in [0.717, 1.165) is 19.3 Å². The van der Waals surface area contributed by atoms with Gasteiger partial charge in [0.2, 0.25) is 0 Å². The van der Waals surface area contributed by atoms with Gasteiger partial charge < -0.3 is 16.5 Å². The van der Waals surface area contributed by atoms with E-state index in [2.05, 4.69) is 11.9 Å². The lowest BCUT2D eigenvalue weighted by molar-refractivity contribution is 0.379. The molecule has 72 valence electrons. The Morgan fingerprint density at radius 3 is 3.08 bits per heavy atom. The van der Waals surface area contributed by atoms with Crippen LogP contribution in [0.4, 0.5) is 0 Å². The summed E-state index contributed by atoms with van der Waals surface area (Å²) in [6, 6.07) is 0. The Labute approximate surface area is 78.5 Å². The molecule has 1 aromatic heterocycles. The highest BCUT2D eigenvalue weighted by Gasteiger charge is 2.33. The second-order valence-corrected chi connectivity index (χ2v) is 4.04. The summed E-state index contributed by atoms with van der Waals surface area (Å²) in [5, 5.41) is 0. The minimum Gasteiger partial charge on any atom is -0.364 e. The first-order valence-corrected chi connectivity index (χ1v) is 4.83. The van der Waals surface area contributed by atoms with Gasteiger partial charge in [-0.15, -0.1) is 0 Å². The minimum atomic E-state index is -0.280. The van der Waals surface area contributed by atoms with E-state index in [9.17, 15) is 0 Å². The molecule has 0 saturated carbocycles. The van der Waals surface area contributed by atoms with Gasteiger partial charge in [0.1, 0.15) is 0 Å². The van der Waals surface area contributed by atoms with Crippen molar-refractivity contribution in [3.8, 4) is 0 Å². The molecule has 0 aliphatic heterocycles. The van der Waals surface area contributed by atoms with Crippen LogP contribution in [-0.2, 0) is 12.0 Å². The van der Waals surface area contributed by atoms with Gasteiger partial charge in [-0.1, -0.05) is 0 Å². The zero-order valence-electron chi connectivity index (χ0n) is 8.06. The lowest BCUT2D eigenvalue weighted by Gasteiger charge is -2.33. The fourth-order valence-electron chi connectivity index (χ4n) is 2.38. The second-order valence-electron chi connectivity index (χ2n) is 4.04. The number of hydrogen-bond acceptors (Lipinski definition) is 2. The number of nitrogens with two attached hydrogens (primary N) is 2. The van der Waals surface area contributed by atoms with Crippen LogP contribution in [0.3, 0.4) is 0 Å². The van der Waals surface area contributed by atoms with Crippen molar-refractivity contribution in [2.24, 2.45) is 11.5 Å². The Bertz CT molecular complexity index is 316. The Morgan fingerprint density at radius 2 is 2.38 bits per heavy atom. The van der Waals surface area contributed by atoms with E-state index in [-0.39, 0.29) is 5.54 Å². The van der Waals surface area contributed by atoms with Crippen molar-refractivity contribution < 1.29 is 0 Å². The number of aromatic nitrogens is 1. The van der Waals surface area contributed by atoms with Crippen molar-refractivity contribution >= 4 is 0 Å². The summed E-state index contributed by atoms with van der Waals surface area (Å²) in [7, 11) is 0. The number of aryl methyl sites for hydroxylation is 2. The van der Waals surface area contributed by atoms with Crippen LogP contribution in [0.25, 0.3) is 0 Å². The summed E-state index contributed by atoms with van der Waals surface area (Å²) in [6.07, 6.45) is 5.30. The molecule has 0 radical (unpaired) electrons. The Kier molecular flexibility index (Phi) is 1.93. The molecule has 3 nitrogen and oxygen atoms in total. The van der Waals surface area contributed by atoms with Gasteiger partial charge in [0.05, 0.1) is 5.54 Å². The average molecular weight is 179 g/mol. The third kappa shape index (κ3) is 1.19. The molecule has 5 N–H and O–H groups in total. The lowest BCUT2D eigenvalue weighted by Crippen LogP contribution is -2.46. The van der Waals surface area contributed by atoms with E-state index in [1.165, 1.54) is 16.8 Å². The molecule has 0 fully saturated rings. The zero-order chi connectivity index (χ0) is 9.47. The number of rotatable bonds is 1. The molecule has 0 aromatic carbocycles. The molecular weight excluding hydrogens is 162 g/mol. The van der Waals surface area contributed by atoms with Gasteiger partial charge in [-0.2, -0.15) is 0 Å². The van der Waals surface area contributed by atoms with Crippen molar-refractivity contribution in [1.82, 2.24) is 4.98 Å². The van der Waals surface area contributed by atoms with Crippen LogP contribution < -0.4 is 11.5 Å². The van der Waals surface area contributed by atoms with Crippen molar-refractivity contribution in [3.63, 3.8) is 0 Å². The topological polar surface area (TPSA) is 67.8 Å². The van der Waals surface area contributed by atoms with Crippen LogP contribution in [0.15, 0.2) is 6.20 Å². The highest BCUT2D eigenvalue weighted by Crippen LogP contribution is 2.34. The standard InChI is InChI=1S/C10H17N3/c1-7-5-13-8-3-2-4-10(12,6-11)9(7)8/h5,13H,2-4,6,11-12H2,1H3. The van der Waals surface area contributed by atoms with Gasteiger partial charge in [0, 0.05) is 18.4 Å². The Morgan fingerprint density at radius 1 is 1.62 bits per heavy atom. The SMILES string of the molecule is Cc1c[nH]c2c1C(N)(CN)CCC2. The van der Waals surface area contributed by atoms with Crippen LogP contribution in [0.1, 0.15) is 29.7 Å². The van der Waals surface area contributed by atoms with E-state index in [0.29, 0.717) is 6.54 Å². The third-order valence-electron chi connectivity index (χ3n) is 3.07. The smallest absolute Gasteiger partial charge is 0.0554 e. The largest absolute Gasteiger partial charge is 0.364 e. The Balaban J connectivity index is 2.52. The zero-order valence-corrected chi connectivity index (χ0v) is 8.06. The quantitative estimate of drug-likeness (QED) is 0.596. The number of aromatic amines is 1. The average Bonchev–Trinajstić information content (AvgIpc) is 2.50. The molecule has 2 rings (SSSR count). The van der Waals surface area contributed by atoms with Crippen molar-refractivity contribution in [2.45, 2.75) is 31.7 Å². The molecule has 3 heteroatoms. The maximum Gasteiger partial charge on any atom is 0.0554 e. The van der Waals surface area contributed by atoms with E-state index in [1.54, 1.807) is 0 Å². The molecule has 0 saturated heterocycles. The normalized spacial score (nSPS) is 27.3. The van der Waals surface area contributed by atoms with E-state index >= 15 is 0 Å². The second kappa shape index (κ2) is 2.86. The summed E-state index contributed by atoms with van der Waals surface area (Å²) >= 11 is 0. The highest BCUT2D eigenvalue weighted by molar-refractivity contribution is 5.38. The number of nitrogens with one attached hydrogen (secondary N) is 1. The van der Waals surface area contributed by atoms with Gasteiger partial charge in [-0.25, -0.2) is 0 Å². The van der Waals surface area contributed by atoms with Crippen molar-refractivity contribution in [3.05, 3.63) is 23.0 Å². The first kappa shape index (κ1) is 8.78. The predicted molar refractivity (Wildman–Crippen MR) is 53.4 cm³/mol. The summed E-state index contributed by atoms with van der Waals surface area (Å²) in [5.74, 6) is 0. The number of H-pyrrole nitrogens is 1. The maximum atomic E-state index is 6.27. The maximum absolute atomic E-state index is 6.27. The molecule has 0 spiro atoms. The van der Waals surface area contributed by atoms with Crippen LogP contribution in [0.2, 0.25) is 0 Å². The highest BCUT2D eigenvalue weighted by atomic mass is 14.8. The fourth-order valence-corrected chi connectivity index (χ4v) is 2.38. The summed E-state index contributed by atoms with van der Waals surface area (Å²) in [5.41, 5.74) is 15.5. The van der Waals surface area contributed by atoms with Gasteiger partial charge in [-0.3, -0.25) is 0 Å². The van der Waals surface area contributed by atoms with Crippen LogP contribution in [-0.4, -0.2) is 11.5 Å². The molecule has 1 unspecified atom stereocenters. The molecule has 1 aliphatic carbocycles. The molecule has 13 heavy (non-hydrogen) atoms. The van der Waals surface area contributed by atoms with Gasteiger partial charge >= 0.3 is 0 Å². The van der Waals surface area contributed by atoms with Crippen LogP contribution >= 0.6 is 0 Å². The molecule has 1 aromatic rings. The van der Waals surface area contributed by atoms with Gasteiger partial charge in [0.25, 0.3) is 0 Å². The first-order chi connectivity index (χ1) is 6.17. The van der Waals surface area contributed by atoms with Crippen molar-refractivity contribution in [1.29, 1.82) is 0 Å². The Hall–Kier alpha value is -0.800. The summed E-state index contributed by atoms with van der Waals surface area (Å²) in [4.78, 5) is 3.28. The van der Waals surface area contributed by atoms with Crippen LogP contribution in [0, 0.1) is 6.92 Å². The monoisotopic (exact) mass is 179 g/mol. The molecular formula is C10H17N3. The molecule has 1 aliphatic rings. The first-order valence-electron chi connectivity index (χ1n) is 4.83. The predicted octanol–water partition coefficient (Wildman–Crippen LogP) is 0.772. The molecule has 0 amide bonds. The molecule has 1 atom stereocenters. The summed E-state index contributed by atoms with van der Waals surface area (Å²) in [6.45, 7) is 2.64. The molecule has 1 heterocycles. The van der Waals surface area contributed by atoms with E-state index in [1.807, 2.05) is 6.20 Å².